The Morgan fingerprint density at radius 2 is 2.24 bits per heavy atom. The maximum absolute atomic E-state index is 12.6. The van der Waals surface area contributed by atoms with Crippen LogP contribution in [-0.4, -0.2) is 38.0 Å². The molecule has 3 heterocycles. The van der Waals surface area contributed by atoms with Gasteiger partial charge in [0.05, 0.1) is 12.6 Å². The third-order valence-electron chi connectivity index (χ3n) is 4.85. The van der Waals surface area contributed by atoms with Gasteiger partial charge in [0.1, 0.15) is 0 Å². The van der Waals surface area contributed by atoms with Gasteiger partial charge in [0.25, 0.3) is 0 Å². The SMILES string of the molecule is CC(C)c1noc(CN[C@@H]2CC(=O)N(C3CC3)[C@H]2c2cccnc2)n1. The number of pyridine rings is 1. The molecule has 7 heteroatoms. The van der Waals surface area contributed by atoms with E-state index in [9.17, 15) is 4.79 Å². The molecule has 0 unspecified atom stereocenters. The Morgan fingerprint density at radius 1 is 1.40 bits per heavy atom. The minimum absolute atomic E-state index is 0.0150. The average Bonchev–Trinajstić information content (AvgIpc) is 3.22. The molecule has 1 N–H and O–H groups in total. The molecule has 1 aliphatic heterocycles. The number of likely N-dealkylation sites (tertiary alicyclic amines) is 1. The molecule has 0 aromatic carbocycles. The van der Waals surface area contributed by atoms with Crippen LogP contribution < -0.4 is 5.32 Å². The largest absolute Gasteiger partial charge is 0.338 e. The molecule has 7 nitrogen and oxygen atoms in total. The Balaban J connectivity index is 1.51. The Morgan fingerprint density at radius 3 is 2.88 bits per heavy atom. The molecular formula is C18H23N5O2. The van der Waals surface area contributed by atoms with Crippen LogP contribution in [0.4, 0.5) is 0 Å². The van der Waals surface area contributed by atoms with Crippen molar-refractivity contribution in [3.63, 3.8) is 0 Å². The molecule has 1 saturated carbocycles. The van der Waals surface area contributed by atoms with Crippen molar-refractivity contribution in [2.75, 3.05) is 0 Å². The van der Waals surface area contributed by atoms with Crippen molar-refractivity contribution >= 4 is 5.91 Å². The zero-order valence-electron chi connectivity index (χ0n) is 14.6. The highest BCUT2D eigenvalue weighted by Crippen LogP contribution is 2.41. The summed E-state index contributed by atoms with van der Waals surface area (Å²) in [5, 5.41) is 7.45. The lowest BCUT2D eigenvalue weighted by molar-refractivity contribution is -0.129. The summed E-state index contributed by atoms with van der Waals surface area (Å²) >= 11 is 0. The highest BCUT2D eigenvalue weighted by Gasteiger charge is 2.47. The van der Waals surface area contributed by atoms with Crippen LogP contribution >= 0.6 is 0 Å². The first-order valence-corrected chi connectivity index (χ1v) is 8.90. The molecule has 1 aliphatic carbocycles. The van der Waals surface area contributed by atoms with Crippen LogP contribution in [-0.2, 0) is 11.3 Å². The third kappa shape index (κ3) is 3.28. The van der Waals surface area contributed by atoms with E-state index in [0.717, 1.165) is 18.4 Å². The van der Waals surface area contributed by atoms with Gasteiger partial charge >= 0.3 is 0 Å². The van der Waals surface area contributed by atoms with Crippen molar-refractivity contribution in [2.45, 2.75) is 63.7 Å². The maximum Gasteiger partial charge on any atom is 0.240 e. The average molecular weight is 341 g/mol. The summed E-state index contributed by atoms with van der Waals surface area (Å²) < 4.78 is 5.31. The smallest absolute Gasteiger partial charge is 0.240 e. The topological polar surface area (TPSA) is 84.2 Å². The fourth-order valence-corrected chi connectivity index (χ4v) is 3.46. The van der Waals surface area contributed by atoms with E-state index in [1.807, 2.05) is 37.1 Å². The van der Waals surface area contributed by atoms with E-state index in [4.69, 9.17) is 4.52 Å². The first kappa shape index (κ1) is 16.2. The van der Waals surface area contributed by atoms with Gasteiger partial charge in [-0.1, -0.05) is 25.1 Å². The number of hydrogen-bond acceptors (Lipinski definition) is 6. The van der Waals surface area contributed by atoms with Crippen LogP contribution in [0.1, 0.15) is 62.3 Å². The lowest BCUT2D eigenvalue weighted by atomic mass is 10.0. The quantitative estimate of drug-likeness (QED) is 0.867. The summed E-state index contributed by atoms with van der Waals surface area (Å²) in [6, 6.07) is 4.38. The number of nitrogens with zero attached hydrogens (tertiary/aromatic N) is 4. The molecule has 132 valence electrons. The first-order valence-electron chi connectivity index (χ1n) is 8.90. The highest BCUT2D eigenvalue weighted by atomic mass is 16.5. The van der Waals surface area contributed by atoms with Crippen LogP contribution in [0.25, 0.3) is 0 Å². The van der Waals surface area contributed by atoms with Crippen molar-refractivity contribution in [1.82, 2.24) is 25.3 Å². The van der Waals surface area contributed by atoms with Crippen LogP contribution in [0.5, 0.6) is 0 Å². The second-order valence-corrected chi connectivity index (χ2v) is 7.16. The summed E-state index contributed by atoms with van der Waals surface area (Å²) in [6.45, 7) is 4.53. The second kappa shape index (κ2) is 6.55. The van der Waals surface area contributed by atoms with E-state index in [1.54, 1.807) is 6.20 Å². The monoisotopic (exact) mass is 341 g/mol. The van der Waals surface area contributed by atoms with Crippen molar-refractivity contribution < 1.29 is 9.32 Å². The van der Waals surface area contributed by atoms with Gasteiger partial charge in [-0.15, -0.1) is 0 Å². The van der Waals surface area contributed by atoms with E-state index in [2.05, 4.69) is 20.4 Å². The zero-order chi connectivity index (χ0) is 17.4. The molecule has 0 bridgehead atoms. The second-order valence-electron chi connectivity index (χ2n) is 7.16. The summed E-state index contributed by atoms with van der Waals surface area (Å²) in [5.41, 5.74) is 1.08. The number of carbonyl (C=O) groups excluding carboxylic acids is 1. The minimum Gasteiger partial charge on any atom is -0.338 e. The summed E-state index contributed by atoms with van der Waals surface area (Å²) in [5.74, 6) is 1.72. The van der Waals surface area contributed by atoms with Crippen molar-refractivity contribution in [3.8, 4) is 0 Å². The molecule has 1 amide bonds. The number of aromatic nitrogens is 3. The number of hydrogen-bond donors (Lipinski definition) is 1. The van der Waals surface area contributed by atoms with E-state index >= 15 is 0 Å². The Kier molecular flexibility index (Phi) is 4.25. The summed E-state index contributed by atoms with van der Waals surface area (Å²) in [7, 11) is 0. The predicted octanol–water partition coefficient (Wildman–Crippen LogP) is 2.18. The summed E-state index contributed by atoms with van der Waals surface area (Å²) in [4.78, 5) is 23.3. The highest BCUT2D eigenvalue weighted by molar-refractivity contribution is 5.81. The van der Waals surface area contributed by atoms with Gasteiger partial charge in [0.2, 0.25) is 11.8 Å². The Hall–Kier alpha value is -2.28. The van der Waals surface area contributed by atoms with Gasteiger partial charge in [0, 0.05) is 36.8 Å². The lowest BCUT2D eigenvalue weighted by Crippen LogP contribution is -2.37. The normalized spacial score (nSPS) is 23.6. The van der Waals surface area contributed by atoms with Crippen LogP contribution in [0, 0.1) is 0 Å². The fraction of sp³-hybridized carbons (Fsp3) is 0.556. The van der Waals surface area contributed by atoms with E-state index in [-0.39, 0.29) is 23.9 Å². The molecule has 2 aromatic heterocycles. The minimum atomic E-state index is 0.0150. The standard InChI is InChI=1S/C18H23N5O2/c1-11(2)18-21-15(25-22-18)10-20-14-8-16(24)23(13-5-6-13)17(14)12-4-3-7-19-9-12/h3-4,7,9,11,13-14,17,20H,5-6,8,10H2,1-2H3/t14-,17+/m1/s1. The molecule has 0 spiro atoms. The number of carbonyl (C=O) groups is 1. The molecule has 2 aliphatic rings. The van der Waals surface area contributed by atoms with Crippen molar-refractivity contribution in [1.29, 1.82) is 0 Å². The predicted molar refractivity (Wildman–Crippen MR) is 90.5 cm³/mol. The van der Waals surface area contributed by atoms with E-state index < -0.39 is 0 Å². The van der Waals surface area contributed by atoms with Crippen LogP contribution in [0.3, 0.4) is 0 Å². The molecule has 1 saturated heterocycles. The molecule has 2 fully saturated rings. The number of amides is 1. The van der Waals surface area contributed by atoms with Gasteiger partial charge in [-0.2, -0.15) is 4.98 Å². The molecule has 2 atom stereocenters. The van der Waals surface area contributed by atoms with Gasteiger partial charge in [-0.25, -0.2) is 0 Å². The zero-order valence-corrected chi connectivity index (χ0v) is 14.6. The van der Waals surface area contributed by atoms with Gasteiger partial charge < -0.3 is 14.7 Å². The molecule has 4 rings (SSSR count). The number of rotatable bonds is 6. The molecule has 25 heavy (non-hydrogen) atoms. The molecule has 2 aromatic rings. The van der Waals surface area contributed by atoms with Crippen molar-refractivity contribution in [3.05, 3.63) is 41.8 Å². The summed E-state index contributed by atoms with van der Waals surface area (Å²) in [6.07, 6.45) is 6.29. The van der Waals surface area contributed by atoms with Gasteiger partial charge in [-0.3, -0.25) is 9.78 Å². The van der Waals surface area contributed by atoms with E-state index in [1.165, 1.54) is 0 Å². The lowest BCUT2D eigenvalue weighted by Gasteiger charge is -2.28. The maximum atomic E-state index is 12.6. The number of nitrogens with one attached hydrogen (secondary N) is 1. The van der Waals surface area contributed by atoms with Gasteiger partial charge in [0.15, 0.2) is 5.82 Å². The van der Waals surface area contributed by atoms with Crippen molar-refractivity contribution in [2.24, 2.45) is 0 Å². The van der Waals surface area contributed by atoms with Crippen LogP contribution in [0.15, 0.2) is 29.0 Å². The molecule has 0 radical (unpaired) electrons. The van der Waals surface area contributed by atoms with Crippen LogP contribution in [0.2, 0.25) is 0 Å². The van der Waals surface area contributed by atoms with E-state index in [0.29, 0.717) is 30.7 Å². The Bertz CT molecular complexity index is 741. The Labute approximate surface area is 146 Å². The molecular weight excluding hydrogens is 318 g/mol. The van der Waals surface area contributed by atoms with Gasteiger partial charge in [-0.05, 0) is 24.5 Å². The third-order valence-corrected chi connectivity index (χ3v) is 4.85. The fourth-order valence-electron chi connectivity index (χ4n) is 3.46. The first-order chi connectivity index (χ1) is 12.1.